The average Bonchev–Trinajstić information content (AvgIpc) is 3.39. The molecule has 4 aromatic rings. The number of rotatable bonds is 9. The monoisotopic (exact) mass is 456 g/mol. The fraction of sp³-hybridized carbons (Fsp3) is 0.192. The number of nitrogens with zero attached hydrogens (tertiary/aromatic N) is 3. The molecular weight excluding hydrogens is 432 g/mol. The van der Waals surface area contributed by atoms with Crippen molar-refractivity contribution in [2.75, 3.05) is 0 Å². The van der Waals surface area contributed by atoms with Crippen LogP contribution in [0.25, 0.3) is 11.4 Å². The Hall–Kier alpha value is -4.33. The summed E-state index contributed by atoms with van der Waals surface area (Å²) in [5.41, 5.74) is 3.56. The lowest BCUT2D eigenvalue weighted by Crippen LogP contribution is -2.04. The summed E-state index contributed by atoms with van der Waals surface area (Å²) >= 11 is 0. The highest BCUT2D eigenvalue weighted by molar-refractivity contribution is 6.09. The van der Waals surface area contributed by atoms with Gasteiger partial charge in [-0.1, -0.05) is 55.8 Å². The Morgan fingerprint density at radius 1 is 1.03 bits per heavy atom. The number of carbonyl (C=O) groups excluding carboxylic acids is 2. The van der Waals surface area contributed by atoms with Gasteiger partial charge in [0.2, 0.25) is 5.82 Å². The van der Waals surface area contributed by atoms with Crippen LogP contribution in [0.15, 0.2) is 60.7 Å². The predicted octanol–water partition coefficient (Wildman–Crippen LogP) is 4.54. The predicted molar refractivity (Wildman–Crippen MR) is 126 cm³/mol. The zero-order chi connectivity index (χ0) is 24.1. The van der Waals surface area contributed by atoms with Crippen molar-refractivity contribution in [3.63, 3.8) is 0 Å². The Bertz CT molecular complexity index is 1320. The molecule has 8 heteroatoms. The lowest BCUT2D eigenvalue weighted by molar-refractivity contribution is 0.101. The van der Waals surface area contributed by atoms with Crippen LogP contribution >= 0.6 is 0 Å². The average molecular weight is 457 g/mol. The van der Waals surface area contributed by atoms with Crippen LogP contribution in [0.4, 0.5) is 0 Å². The first-order valence-electron chi connectivity index (χ1n) is 10.9. The number of nitrogens with one attached hydrogen (secondary N) is 1. The molecule has 1 heterocycles. The quantitative estimate of drug-likeness (QED) is 0.355. The smallest absolute Gasteiger partial charge is 0.204 e. The number of hydrogen-bond acceptors (Lipinski definition) is 7. The SMILES string of the molecule is CCCc1c(OCc2ccc(C(=O)c3cccc(-c4nn[nH]n4)c3)cc2)ccc(C(C)=O)c1O. The molecule has 8 nitrogen and oxygen atoms in total. The van der Waals surface area contributed by atoms with Crippen LogP contribution in [-0.4, -0.2) is 37.3 Å². The van der Waals surface area contributed by atoms with Gasteiger partial charge in [0, 0.05) is 22.3 Å². The minimum absolute atomic E-state index is 0.0177. The molecule has 0 aliphatic carbocycles. The van der Waals surface area contributed by atoms with E-state index in [0.29, 0.717) is 45.8 Å². The van der Waals surface area contributed by atoms with Crippen LogP contribution in [0.5, 0.6) is 11.5 Å². The van der Waals surface area contributed by atoms with Gasteiger partial charge in [0.1, 0.15) is 18.1 Å². The number of phenols is 1. The van der Waals surface area contributed by atoms with E-state index in [2.05, 4.69) is 20.6 Å². The maximum Gasteiger partial charge on any atom is 0.204 e. The highest BCUT2D eigenvalue weighted by Crippen LogP contribution is 2.33. The lowest BCUT2D eigenvalue weighted by atomic mass is 10.00. The fourth-order valence-corrected chi connectivity index (χ4v) is 3.69. The van der Waals surface area contributed by atoms with Gasteiger partial charge in [-0.25, -0.2) is 0 Å². The molecule has 0 amide bonds. The Morgan fingerprint density at radius 3 is 2.50 bits per heavy atom. The molecule has 0 saturated carbocycles. The number of benzene rings is 3. The largest absolute Gasteiger partial charge is 0.507 e. The van der Waals surface area contributed by atoms with Crippen molar-refractivity contribution in [3.05, 3.63) is 88.5 Å². The van der Waals surface area contributed by atoms with E-state index in [9.17, 15) is 14.7 Å². The number of aromatic amines is 1. The summed E-state index contributed by atoms with van der Waals surface area (Å²) < 4.78 is 5.95. The zero-order valence-corrected chi connectivity index (χ0v) is 18.9. The van der Waals surface area contributed by atoms with Crippen molar-refractivity contribution < 1.29 is 19.4 Å². The van der Waals surface area contributed by atoms with Crippen molar-refractivity contribution in [2.24, 2.45) is 0 Å². The van der Waals surface area contributed by atoms with Crippen LogP contribution in [0.3, 0.4) is 0 Å². The Labute approximate surface area is 196 Å². The van der Waals surface area contributed by atoms with Crippen LogP contribution in [0.1, 0.15) is 57.7 Å². The molecule has 3 aromatic carbocycles. The Morgan fingerprint density at radius 2 is 1.82 bits per heavy atom. The van der Waals surface area contributed by atoms with Crippen LogP contribution < -0.4 is 4.74 Å². The van der Waals surface area contributed by atoms with E-state index in [4.69, 9.17) is 4.74 Å². The van der Waals surface area contributed by atoms with Crippen molar-refractivity contribution in [3.8, 4) is 22.9 Å². The van der Waals surface area contributed by atoms with Gasteiger partial charge in [0.05, 0.1) is 5.56 Å². The highest BCUT2D eigenvalue weighted by atomic mass is 16.5. The van der Waals surface area contributed by atoms with Crippen molar-refractivity contribution >= 4 is 11.6 Å². The third-order valence-corrected chi connectivity index (χ3v) is 5.46. The normalized spacial score (nSPS) is 10.8. The number of Topliss-reactive ketones (excluding diaryl/α,β-unsaturated/α-hetero) is 1. The number of phenolic OH excluding ortho intramolecular Hbond substituents is 1. The molecule has 0 spiro atoms. The van der Waals surface area contributed by atoms with Crippen molar-refractivity contribution in [2.45, 2.75) is 33.3 Å². The maximum atomic E-state index is 12.9. The van der Waals surface area contributed by atoms with Crippen molar-refractivity contribution in [1.29, 1.82) is 0 Å². The molecule has 0 aliphatic rings. The summed E-state index contributed by atoms with van der Waals surface area (Å²) in [6.45, 7) is 3.68. The maximum absolute atomic E-state index is 12.9. The summed E-state index contributed by atoms with van der Waals surface area (Å²) in [6.07, 6.45) is 1.40. The second-order valence-electron chi connectivity index (χ2n) is 7.88. The van der Waals surface area contributed by atoms with E-state index in [1.807, 2.05) is 25.1 Å². The van der Waals surface area contributed by atoms with Gasteiger partial charge in [0.25, 0.3) is 0 Å². The van der Waals surface area contributed by atoms with E-state index in [0.717, 1.165) is 12.0 Å². The highest BCUT2D eigenvalue weighted by Gasteiger charge is 2.16. The standard InChI is InChI=1S/C26H24N4O4/c1-3-5-22-23(13-12-21(16(2)31)25(22)33)34-15-17-8-10-18(11-9-17)24(32)19-6-4-7-20(14-19)26-27-29-30-28-26/h4,6-14,33H,3,5,15H2,1-2H3,(H,27,28,29,30). The first kappa shape index (κ1) is 22.8. The molecule has 0 aliphatic heterocycles. The lowest BCUT2D eigenvalue weighted by Gasteiger charge is -2.15. The van der Waals surface area contributed by atoms with E-state index in [1.165, 1.54) is 6.92 Å². The van der Waals surface area contributed by atoms with Gasteiger partial charge in [0.15, 0.2) is 11.6 Å². The molecule has 0 bridgehead atoms. The molecule has 0 saturated heterocycles. The van der Waals surface area contributed by atoms with Crippen LogP contribution in [0, 0.1) is 0 Å². The second-order valence-corrected chi connectivity index (χ2v) is 7.88. The first-order valence-corrected chi connectivity index (χ1v) is 10.9. The topological polar surface area (TPSA) is 118 Å². The third kappa shape index (κ3) is 4.85. The number of aromatic nitrogens is 4. The zero-order valence-electron chi connectivity index (χ0n) is 18.9. The fourth-order valence-electron chi connectivity index (χ4n) is 3.69. The number of carbonyl (C=O) groups is 2. The molecule has 0 radical (unpaired) electrons. The number of tetrazole rings is 1. The van der Waals surface area contributed by atoms with Gasteiger partial charge in [-0.15, -0.1) is 10.2 Å². The Balaban J connectivity index is 1.48. The third-order valence-electron chi connectivity index (χ3n) is 5.46. The summed E-state index contributed by atoms with van der Waals surface area (Å²) in [5, 5.41) is 24.4. The molecular formula is C26H24N4O4. The van der Waals surface area contributed by atoms with E-state index in [-0.39, 0.29) is 23.9 Å². The number of ether oxygens (including phenoxy) is 1. The molecule has 172 valence electrons. The molecule has 1 aromatic heterocycles. The van der Waals surface area contributed by atoms with Gasteiger partial charge in [-0.05, 0) is 42.3 Å². The molecule has 34 heavy (non-hydrogen) atoms. The molecule has 0 atom stereocenters. The summed E-state index contributed by atoms with van der Waals surface area (Å²) in [4.78, 5) is 24.7. The van der Waals surface area contributed by atoms with Gasteiger partial charge < -0.3 is 9.84 Å². The number of H-pyrrole nitrogens is 1. The molecule has 4 rings (SSSR count). The van der Waals surface area contributed by atoms with Gasteiger partial charge in [-0.2, -0.15) is 5.21 Å². The summed E-state index contributed by atoms with van der Waals surface area (Å²) in [7, 11) is 0. The molecule has 2 N–H and O–H groups in total. The van der Waals surface area contributed by atoms with Crippen LogP contribution in [0.2, 0.25) is 0 Å². The van der Waals surface area contributed by atoms with E-state index >= 15 is 0 Å². The van der Waals surface area contributed by atoms with Gasteiger partial charge in [-0.3, -0.25) is 9.59 Å². The first-order chi connectivity index (χ1) is 16.5. The minimum atomic E-state index is -0.190. The van der Waals surface area contributed by atoms with E-state index in [1.54, 1.807) is 42.5 Å². The molecule has 0 unspecified atom stereocenters. The number of hydrogen-bond donors (Lipinski definition) is 2. The second kappa shape index (κ2) is 10.1. The van der Waals surface area contributed by atoms with Gasteiger partial charge >= 0.3 is 0 Å². The Kier molecular flexibility index (Phi) is 6.77. The minimum Gasteiger partial charge on any atom is -0.507 e. The number of aromatic hydroxyl groups is 1. The summed E-state index contributed by atoms with van der Waals surface area (Å²) in [6, 6.07) is 17.5. The van der Waals surface area contributed by atoms with E-state index < -0.39 is 0 Å². The number of ketones is 2. The molecule has 0 fully saturated rings. The summed E-state index contributed by atoms with van der Waals surface area (Å²) in [5.74, 6) is 0.642. The van der Waals surface area contributed by atoms with Crippen LogP contribution in [-0.2, 0) is 13.0 Å². The van der Waals surface area contributed by atoms with Crippen molar-refractivity contribution in [1.82, 2.24) is 20.6 Å².